The Morgan fingerprint density at radius 2 is 2.00 bits per heavy atom. The van der Waals surface area contributed by atoms with Gasteiger partial charge >= 0.3 is 5.97 Å². The number of fused-ring (bicyclic) bond motifs is 1. The minimum atomic E-state index is -0.729. The van der Waals surface area contributed by atoms with Crippen molar-refractivity contribution in [2.75, 3.05) is 18.5 Å². The van der Waals surface area contributed by atoms with Gasteiger partial charge in [-0.05, 0) is 46.6 Å². The topological polar surface area (TPSA) is 107 Å². The fourth-order valence-electron chi connectivity index (χ4n) is 3.81. The van der Waals surface area contributed by atoms with Crippen molar-refractivity contribution in [3.63, 3.8) is 0 Å². The molecule has 9 nitrogen and oxygen atoms in total. The third kappa shape index (κ3) is 5.25. The van der Waals surface area contributed by atoms with Gasteiger partial charge < -0.3 is 19.7 Å². The first-order valence-corrected chi connectivity index (χ1v) is 11.4. The predicted molar refractivity (Wildman–Crippen MR) is 123 cm³/mol. The first-order valence-electron chi connectivity index (χ1n) is 11.0. The fraction of sp³-hybridized carbons (Fsp3) is 0.522. The van der Waals surface area contributed by atoms with E-state index in [0.717, 1.165) is 12.8 Å². The Morgan fingerprint density at radius 3 is 2.70 bits per heavy atom. The van der Waals surface area contributed by atoms with E-state index in [4.69, 9.17) is 21.1 Å². The summed E-state index contributed by atoms with van der Waals surface area (Å²) >= 11 is 6.39. The van der Waals surface area contributed by atoms with Crippen LogP contribution in [0.25, 0.3) is 11.3 Å². The third-order valence-electron chi connectivity index (χ3n) is 5.57. The highest BCUT2D eigenvalue weighted by molar-refractivity contribution is 6.32. The quantitative estimate of drug-likeness (QED) is 0.658. The van der Waals surface area contributed by atoms with Gasteiger partial charge in [-0.1, -0.05) is 11.6 Å². The van der Waals surface area contributed by atoms with Crippen LogP contribution in [-0.4, -0.2) is 62.6 Å². The van der Waals surface area contributed by atoms with E-state index in [9.17, 15) is 9.59 Å². The molecule has 0 saturated carbocycles. The lowest BCUT2D eigenvalue weighted by Crippen LogP contribution is -2.42. The molecule has 1 fully saturated rings. The van der Waals surface area contributed by atoms with Gasteiger partial charge in [0.05, 0.1) is 34.7 Å². The van der Waals surface area contributed by atoms with Crippen LogP contribution < -0.4 is 5.32 Å². The summed E-state index contributed by atoms with van der Waals surface area (Å²) < 4.78 is 10.8. The Balaban J connectivity index is 1.55. The zero-order valence-corrected chi connectivity index (χ0v) is 20.0. The smallest absolute Gasteiger partial charge is 0.329 e. The van der Waals surface area contributed by atoms with Crippen LogP contribution >= 0.6 is 11.6 Å². The molecule has 4 rings (SSSR count). The highest BCUT2D eigenvalue weighted by Gasteiger charge is 2.37. The van der Waals surface area contributed by atoms with Crippen molar-refractivity contribution >= 4 is 29.4 Å². The summed E-state index contributed by atoms with van der Waals surface area (Å²) in [4.78, 5) is 40.4. The predicted octanol–water partition coefficient (Wildman–Crippen LogP) is 3.47. The molecule has 1 atom stereocenters. The second-order valence-electron chi connectivity index (χ2n) is 9.28. The number of anilines is 1. The number of hydrogen-bond acceptors (Lipinski definition) is 8. The van der Waals surface area contributed by atoms with Gasteiger partial charge in [0.2, 0.25) is 5.95 Å². The van der Waals surface area contributed by atoms with Crippen molar-refractivity contribution < 1.29 is 19.1 Å². The Morgan fingerprint density at radius 1 is 1.27 bits per heavy atom. The number of hydrogen-bond donors (Lipinski definition) is 1. The first-order chi connectivity index (χ1) is 15.6. The molecule has 2 aromatic rings. The molecular weight excluding hydrogens is 446 g/mol. The number of carbonyl (C=O) groups is 2. The summed E-state index contributed by atoms with van der Waals surface area (Å²) in [5.74, 6) is -0.261. The zero-order valence-electron chi connectivity index (χ0n) is 19.2. The minimum Gasteiger partial charge on any atom is -0.458 e. The summed E-state index contributed by atoms with van der Waals surface area (Å²) in [5.41, 5.74) is 1.49. The van der Waals surface area contributed by atoms with E-state index in [1.165, 1.54) is 11.1 Å². The van der Waals surface area contributed by atoms with E-state index in [1.807, 2.05) is 0 Å². The maximum absolute atomic E-state index is 13.1. The highest BCUT2D eigenvalue weighted by Crippen LogP contribution is 2.31. The largest absolute Gasteiger partial charge is 0.458 e. The number of carbonyl (C=O) groups excluding carboxylic acids is 2. The molecule has 2 aromatic heterocycles. The zero-order chi connectivity index (χ0) is 23.8. The average Bonchev–Trinajstić information content (AvgIpc) is 3.10. The molecule has 0 radical (unpaired) electrons. The molecule has 1 N–H and O–H groups in total. The second kappa shape index (κ2) is 9.23. The van der Waals surface area contributed by atoms with E-state index in [2.05, 4.69) is 20.3 Å². The van der Waals surface area contributed by atoms with Crippen LogP contribution in [0, 0.1) is 0 Å². The van der Waals surface area contributed by atoms with E-state index >= 15 is 0 Å². The van der Waals surface area contributed by atoms with Gasteiger partial charge in [0.1, 0.15) is 11.6 Å². The van der Waals surface area contributed by atoms with Gasteiger partial charge in [-0.3, -0.25) is 9.78 Å². The summed E-state index contributed by atoms with van der Waals surface area (Å²) in [7, 11) is 0. The minimum absolute atomic E-state index is 0.232. The Bertz CT molecular complexity index is 1070. The van der Waals surface area contributed by atoms with Crippen LogP contribution in [0.3, 0.4) is 0 Å². The molecule has 1 saturated heterocycles. The van der Waals surface area contributed by atoms with Gasteiger partial charge in [-0.2, -0.15) is 0 Å². The number of ether oxygens (including phenoxy) is 2. The molecule has 1 unspecified atom stereocenters. The molecule has 1 amide bonds. The van der Waals surface area contributed by atoms with Crippen LogP contribution in [0.2, 0.25) is 5.02 Å². The van der Waals surface area contributed by atoms with Crippen molar-refractivity contribution in [1.82, 2.24) is 19.9 Å². The second-order valence-corrected chi connectivity index (χ2v) is 9.69. The lowest BCUT2D eigenvalue weighted by molar-refractivity contribution is -0.159. The molecule has 0 aromatic carbocycles. The molecule has 10 heteroatoms. The lowest BCUT2D eigenvalue weighted by atomic mass is 10.1. The Labute approximate surface area is 197 Å². The van der Waals surface area contributed by atoms with E-state index in [-0.39, 0.29) is 18.5 Å². The van der Waals surface area contributed by atoms with Gasteiger partial charge in [0.25, 0.3) is 5.91 Å². The van der Waals surface area contributed by atoms with Crippen molar-refractivity contribution in [3.05, 3.63) is 34.7 Å². The Hall–Kier alpha value is -2.78. The monoisotopic (exact) mass is 473 g/mol. The number of esters is 1. The number of amides is 1. The summed E-state index contributed by atoms with van der Waals surface area (Å²) in [6.07, 6.45) is 4.93. The maximum atomic E-state index is 13.1. The van der Waals surface area contributed by atoms with Crippen LogP contribution in [0.15, 0.2) is 18.5 Å². The van der Waals surface area contributed by atoms with Crippen LogP contribution in [0.5, 0.6) is 0 Å². The third-order valence-corrected chi connectivity index (χ3v) is 5.85. The lowest BCUT2D eigenvalue weighted by Gasteiger charge is -2.27. The normalized spacial score (nSPS) is 17.6. The summed E-state index contributed by atoms with van der Waals surface area (Å²) in [6, 6.07) is 1.22. The SMILES string of the molecule is CC(C(=O)OC(C)(C)C)N1Cc2ncc(-c3nc(NC4CCOCC4)ncc3Cl)cc2C1=O. The molecule has 176 valence electrons. The van der Waals surface area contributed by atoms with E-state index in [1.54, 1.807) is 40.0 Å². The number of pyridine rings is 1. The van der Waals surface area contributed by atoms with Crippen LogP contribution in [0.1, 0.15) is 56.6 Å². The number of aromatic nitrogens is 3. The Kier molecular flexibility index (Phi) is 6.54. The number of nitrogens with zero attached hydrogens (tertiary/aromatic N) is 4. The van der Waals surface area contributed by atoms with Crippen molar-refractivity contribution in [2.45, 2.75) is 64.8 Å². The molecule has 0 spiro atoms. The van der Waals surface area contributed by atoms with Gasteiger partial charge in [0.15, 0.2) is 0 Å². The van der Waals surface area contributed by atoms with Crippen molar-refractivity contribution in [1.29, 1.82) is 0 Å². The molecule has 0 bridgehead atoms. The van der Waals surface area contributed by atoms with Crippen LogP contribution in [-0.2, 0) is 20.8 Å². The summed E-state index contributed by atoms with van der Waals surface area (Å²) in [5, 5.41) is 3.68. The number of halogens is 1. The number of nitrogens with one attached hydrogen (secondary N) is 1. The van der Waals surface area contributed by atoms with Crippen LogP contribution in [0.4, 0.5) is 5.95 Å². The van der Waals surface area contributed by atoms with Crippen molar-refractivity contribution in [3.8, 4) is 11.3 Å². The van der Waals surface area contributed by atoms with Gasteiger partial charge in [-0.25, -0.2) is 14.8 Å². The summed E-state index contributed by atoms with van der Waals surface area (Å²) in [6.45, 7) is 8.69. The maximum Gasteiger partial charge on any atom is 0.329 e. The molecular formula is C23H28ClN5O4. The highest BCUT2D eigenvalue weighted by atomic mass is 35.5. The fourth-order valence-corrected chi connectivity index (χ4v) is 4.01. The standard InChI is InChI=1S/C23H28ClN5O4/c1-13(21(31)33-23(2,3)4)29-12-18-16(20(29)30)9-14(10-25-18)19-17(24)11-26-22(28-19)27-15-5-7-32-8-6-15/h9-11,13,15H,5-8,12H2,1-4H3,(H,26,27,28). The average molecular weight is 474 g/mol. The van der Waals surface area contributed by atoms with Crippen molar-refractivity contribution in [2.24, 2.45) is 0 Å². The van der Waals surface area contributed by atoms with Gasteiger partial charge in [0, 0.05) is 31.0 Å². The molecule has 2 aliphatic rings. The molecule has 2 aliphatic heterocycles. The molecule has 33 heavy (non-hydrogen) atoms. The van der Waals surface area contributed by atoms with E-state index in [0.29, 0.717) is 46.7 Å². The molecule has 4 heterocycles. The molecule has 0 aliphatic carbocycles. The first kappa shape index (κ1) is 23.4. The van der Waals surface area contributed by atoms with Gasteiger partial charge in [-0.15, -0.1) is 0 Å². The van der Waals surface area contributed by atoms with E-state index < -0.39 is 17.6 Å². The number of rotatable bonds is 5.